The molecule has 3 rings (SSSR count). The maximum absolute atomic E-state index is 10.2. The van der Waals surface area contributed by atoms with Crippen LogP contribution in [0.15, 0.2) is 48.8 Å². The molecule has 0 bridgehead atoms. The number of methoxy groups -OCH3 is 1. The molecule has 1 unspecified atom stereocenters. The topological polar surface area (TPSA) is 80.2 Å². The van der Waals surface area contributed by atoms with Crippen molar-refractivity contribution in [3.8, 4) is 22.9 Å². The monoisotopic (exact) mass is 350 g/mol. The van der Waals surface area contributed by atoms with E-state index in [-0.39, 0.29) is 11.8 Å². The molecule has 1 aromatic carbocycles. The zero-order chi connectivity index (χ0) is 18.5. The highest BCUT2D eigenvalue weighted by molar-refractivity contribution is 5.57. The molecular formula is C20H22N4O2. The van der Waals surface area contributed by atoms with Crippen molar-refractivity contribution in [3.63, 3.8) is 0 Å². The van der Waals surface area contributed by atoms with Crippen LogP contribution in [0, 0.1) is 0 Å². The Labute approximate surface area is 152 Å². The largest absolute Gasteiger partial charge is 0.508 e. The van der Waals surface area contributed by atoms with Gasteiger partial charge >= 0.3 is 0 Å². The van der Waals surface area contributed by atoms with Gasteiger partial charge in [-0.2, -0.15) is 0 Å². The average molecular weight is 350 g/mol. The molecule has 26 heavy (non-hydrogen) atoms. The van der Waals surface area contributed by atoms with E-state index in [1.165, 1.54) is 0 Å². The van der Waals surface area contributed by atoms with Crippen molar-refractivity contribution in [2.45, 2.75) is 26.3 Å². The van der Waals surface area contributed by atoms with Gasteiger partial charge in [0.05, 0.1) is 13.2 Å². The van der Waals surface area contributed by atoms with Crippen LogP contribution in [-0.2, 0) is 6.42 Å². The van der Waals surface area contributed by atoms with Gasteiger partial charge in [-0.15, -0.1) is 0 Å². The lowest BCUT2D eigenvalue weighted by atomic mass is 10.1. The second kappa shape index (κ2) is 7.82. The first kappa shape index (κ1) is 17.7. The third-order valence-corrected chi connectivity index (χ3v) is 4.15. The van der Waals surface area contributed by atoms with E-state index in [0.717, 1.165) is 23.2 Å². The van der Waals surface area contributed by atoms with Gasteiger partial charge in [0.15, 0.2) is 5.82 Å². The van der Waals surface area contributed by atoms with E-state index in [2.05, 4.69) is 27.2 Å². The SMILES string of the molecule is CCc1cc(NC(C)c2cc(OC)ccc2O)nc(-c2ccncc2)n1. The normalized spacial score (nSPS) is 11.8. The molecule has 2 aromatic heterocycles. The molecule has 2 N–H and O–H groups in total. The molecule has 2 heterocycles. The maximum Gasteiger partial charge on any atom is 0.161 e. The third kappa shape index (κ3) is 3.91. The van der Waals surface area contributed by atoms with E-state index >= 15 is 0 Å². The van der Waals surface area contributed by atoms with Crippen LogP contribution in [0.5, 0.6) is 11.5 Å². The van der Waals surface area contributed by atoms with Gasteiger partial charge in [-0.1, -0.05) is 6.92 Å². The van der Waals surface area contributed by atoms with Crippen LogP contribution in [-0.4, -0.2) is 27.2 Å². The summed E-state index contributed by atoms with van der Waals surface area (Å²) in [6.45, 7) is 4.02. The van der Waals surface area contributed by atoms with Crippen LogP contribution >= 0.6 is 0 Å². The van der Waals surface area contributed by atoms with Crippen molar-refractivity contribution in [2.75, 3.05) is 12.4 Å². The first-order valence-corrected chi connectivity index (χ1v) is 8.52. The average Bonchev–Trinajstić information content (AvgIpc) is 2.68. The Hall–Kier alpha value is -3.15. The molecular weight excluding hydrogens is 328 g/mol. The zero-order valence-electron chi connectivity index (χ0n) is 15.1. The summed E-state index contributed by atoms with van der Waals surface area (Å²) in [5, 5.41) is 13.5. The maximum atomic E-state index is 10.2. The van der Waals surface area contributed by atoms with Crippen molar-refractivity contribution < 1.29 is 9.84 Å². The second-order valence-electron chi connectivity index (χ2n) is 5.95. The Bertz CT molecular complexity index is 884. The number of benzene rings is 1. The summed E-state index contributed by atoms with van der Waals surface area (Å²) in [5.74, 6) is 2.26. The Morgan fingerprint density at radius 2 is 1.88 bits per heavy atom. The molecule has 0 fully saturated rings. The van der Waals surface area contributed by atoms with Crippen molar-refractivity contribution >= 4 is 5.82 Å². The first-order valence-electron chi connectivity index (χ1n) is 8.52. The molecule has 0 radical (unpaired) electrons. The lowest BCUT2D eigenvalue weighted by molar-refractivity contribution is 0.410. The smallest absolute Gasteiger partial charge is 0.161 e. The van der Waals surface area contributed by atoms with E-state index in [1.807, 2.05) is 31.2 Å². The van der Waals surface area contributed by atoms with Crippen LogP contribution in [0.2, 0.25) is 0 Å². The minimum atomic E-state index is -0.157. The van der Waals surface area contributed by atoms with Crippen molar-refractivity contribution in [3.05, 3.63) is 60.0 Å². The van der Waals surface area contributed by atoms with Crippen LogP contribution in [0.3, 0.4) is 0 Å². The summed E-state index contributed by atoms with van der Waals surface area (Å²) in [4.78, 5) is 13.3. The van der Waals surface area contributed by atoms with Gasteiger partial charge in [0.25, 0.3) is 0 Å². The molecule has 1 atom stereocenters. The number of hydrogen-bond acceptors (Lipinski definition) is 6. The third-order valence-electron chi connectivity index (χ3n) is 4.15. The number of aromatic nitrogens is 3. The van der Waals surface area contributed by atoms with Gasteiger partial charge in [-0.3, -0.25) is 4.98 Å². The number of anilines is 1. The van der Waals surface area contributed by atoms with Crippen LogP contribution in [0.4, 0.5) is 5.82 Å². The minimum Gasteiger partial charge on any atom is -0.508 e. The molecule has 0 aliphatic heterocycles. The molecule has 6 nitrogen and oxygen atoms in total. The molecule has 0 aliphatic rings. The number of aryl methyl sites for hydroxylation is 1. The number of nitrogens with one attached hydrogen (secondary N) is 1. The first-order chi connectivity index (χ1) is 12.6. The summed E-state index contributed by atoms with van der Waals surface area (Å²) in [6, 6.07) is 10.7. The molecule has 0 amide bonds. The van der Waals surface area contributed by atoms with Crippen LogP contribution in [0.25, 0.3) is 11.4 Å². The Balaban J connectivity index is 1.92. The summed E-state index contributed by atoms with van der Waals surface area (Å²) in [6.07, 6.45) is 4.25. The van der Waals surface area contributed by atoms with Crippen LogP contribution < -0.4 is 10.1 Å². The van der Waals surface area contributed by atoms with Gasteiger partial charge in [0, 0.05) is 35.3 Å². The number of hydrogen-bond donors (Lipinski definition) is 2. The number of pyridine rings is 1. The standard InChI is InChI=1S/C20H22N4O2/c1-4-15-11-19(24-20(23-15)14-7-9-21-10-8-14)22-13(2)17-12-16(26-3)5-6-18(17)25/h5-13,25H,4H2,1-3H3,(H,22,23,24). The van der Waals surface area contributed by atoms with E-state index < -0.39 is 0 Å². The van der Waals surface area contributed by atoms with Gasteiger partial charge in [0.1, 0.15) is 17.3 Å². The molecule has 3 aromatic rings. The number of nitrogens with zero attached hydrogens (tertiary/aromatic N) is 3. The van der Waals surface area contributed by atoms with Gasteiger partial charge in [-0.25, -0.2) is 9.97 Å². The van der Waals surface area contributed by atoms with Crippen molar-refractivity contribution in [1.29, 1.82) is 0 Å². The van der Waals surface area contributed by atoms with Gasteiger partial charge in [0.2, 0.25) is 0 Å². The molecule has 0 saturated heterocycles. The predicted molar refractivity (Wildman–Crippen MR) is 101 cm³/mol. The molecule has 0 saturated carbocycles. The Morgan fingerprint density at radius 3 is 2.58 bits per heavy atom. The van der Waals surface area contributed by atoms with Crippen LogP contribution in [0.1, 0.15) is 31.1 Å². The minimum absolute atomic E-state index is 0.157. The quantitative estimate of drug-likeness (QED) is 0.700. The lowest BCUT2D eigenvalue weighted by Crippen LogP contribution is -2.10. The summed E-state index contributed by atoms with van der Waals surface area (Å²) < 4.78 is 5.25. The fourth-order valence-electron chi connectivity index (χ4n) is 2.69. The molecule has 134 valence electrons. The number of rotatable bonds is 6. The number of phenols is 1. The van der Waals surface area contributed by atoms with E-state index in [9.17, 15) is 5.11 Å². The highest BCUT2D eigenvalue weighted by Gasteiger charge is 2.14. The lowest BCUT2D eigenvalue weighted by Gasteiger charge is -2.18. The summed E-state index contributed by atoms with van der Waals surface area (Å²) in [7, 11) is 1.60. The Morgan fingerprint density at radius 1 is 1.12 bits per heavy atom. The number of phenolic OH excluding ortho intramolecular Hbond substituents is 1. The number of aromatic hydroxyl groups is 1. The summed E-state index contributed by atoms with van der Waals surface area (Å²) in [5.41, 5.74) is 2.60. The zero-order valence-corrected chi connectivity index (χ0v) is 15.1. The number of ether oxygens (including phenoxy) is 1. The van der Waals surface area contributed by atoms with Gasteiger partial charge < -0.3 is 15.2 Å². The predicted octanol–water partition coefficient (Wildman–Crippen LogP) is 3.99. The fourth-order valence-corrected chi connectivity index (χ4v) is 2.69. The fraction of sp³-hybridized carbons (Fsp3) is 0.250. The highest BCUT2D eigenvalue weighted by Crippen LogP contribution is 2.30. The molecule has 6 heteroatoms. The van der Waals surface area contributed by atoms with E-state index in [1.54, 1.807) is 31.6 Å². The summed E-state index contributed by atoms with van der Waals surface area (Å²) >= 11 is 0. The van der Waals surface area contributed by atoms with E-state index in [0.29, 0.717) is 17.4 Å². The molecule has 0 spiro atoms. The van der Waals surface area contributed by atoms with E-state index in [4.69, 9.17) is 4.74 Å². The van der Waals surface area contributed by atoms with Gasteiger partial charge in [-0.05, 0) is 43.7 Å². The highest BCUT2D eigenvalue weighted by atomic mass is 16.5. The molecule has 0 aliphatic carbocycles. The van der Waals surface area contributed by atoms with Crippen molar-refractivity contribution in [2.24, 2.45) is 0 Å². The second-order valence-corrected chi connectivity index (χ2v) is 5.95. The Kier molecular flexibility index (Phi) is 5.31. The van der Waals surface area contributed by atoms with Crippen molar-refractivity contribution in [1.82, 2.24) is 15.0 Å².